The number of nitrogens with one attached hydrogen (secondary N) is 1. The van der Waals surface area contributed by atoms with E-state index in [0.717, 1.165) is 54.0 Å². The topological polar surface area (TPSA) is 68.9 Å². The quantitative estimate of drug-likeness (QED) is 0.695. The molecule has 5 rings (SSSR count). The molecule has 0 bridgehead atoms. The Morgan fingerprint density at radius 2 is 1.77 bits per heavy atom. The Balaban J connectivity index is 1.53. The average molecular weight is 427 g/mol. The number of rotatable bonds is 4. The number of likely N-dealkylation sites (N-methyl/N-ethyl adjacent to an activating group) is 1. The van der Waals surface area contributed by atoms with Crippen molar-refractivity contribution in [1.82, 2.24) is 9.88 Å². The smallest absolute Gasteiger partial charge is 0.264 e. The normalized spacial score (nSPS) is 17.5. The summed E-state index contributed by atoms with van der Waals surface area (Å²) in [5.41, 5.74) is 3.71. The molecule has 3 aromatic rings. The fraction of sp³-hybridized carbons (Fsp3) is 0.364. The van der Waals surface area contributed by atoms with Gasteiger partial charge in [-0.05, 0) is 55.4 Å². The first-order valence-corrected chi connectivity index (χ1v) is 11.7. The summed E-state index contributed by atoms with van der Waals surface area (Å²) in [5, 5.41) is 1.02. The molecule has 2 aromatic carbocycles. The number of aromatic nitrogens is 1. The standard InChI is InChI=1S/C22H26N4O3S/c1-24-9-11-25(12-10-24)21-15-18(3-4-22(21)29-2)30(27,28)26-8-6-17-13-19-16(5-7-23-19)14-20(17)26/h3-5,7,13-15,23H,6,8-12H2,1-2H3. The number of ether oxygens (including phenoxy) is 1. The maximum Gasteiger partial charge on any atom is 0.264 e. The molecule has 0 saturated carbocycles. The molecule has 8 heteroatoms. The van der Waals surface area contributed by atoms with Crippen LogP contribution in [0.2, 0.25) is 0 Å². The summed E-state index contributed by atoms with van der Waals surface area (Å²) in [4.78, 5) is 7.99. The summed E-state index contributed by atoms with van der Waals surface area (Å²) in [6.45, 7) is 4.02. The van der Waals surface area contributed by atoms with Gasteiger partial charge in [0, 0.05) is 49.8 Å². The minimum atomic E-state index is -3.67. The Hall–Kier alpha value is -2.71. The van der Waals surface area contributed by atoms with E-state index in [0.29, 0.717) is 23.6 Å². The van der Waals surface area contributed by atoms with Crippen LogP contribution in [0.1, 0.15) is 5.56 Å². The molecule has 0 spiro atoms. The predicted molar refractivity (Wildman–Crippen MR) is 119 cm³/mol. The Labute approximate surface area is 176 Å². The predicted octanol–water partition coefficient (Wildman–Crippen LogP) is 2.68. The molecule has 0 aliphatic carbocycles. The first-order chi connectivity index (χ1) is 14.5. The van der Waals surface area contributed by atoms with Gasteiger partial charge in [0.1, 0.15) is 5.75 Å². The summed E-state index contributed by atoms with van der Waals surface area (Å²) in [7, 11) is 0.0556. The molecule has 0 amide bonds. The van der Waals surface area contributed by atoms with Crippen LogP contribution >= 0.6 is 0 Å². The molecule has 2 aliphatic heterocycles. The van der Waals surface area contributed by atoms with Gasteiger partial charge in [-0.25, -0.2) is 8.42 Å². The number of nitrogens with zero attached hydrogens (tertiary/aromatic N) is 3. The van der Waals surface area contributed by atoms with Crippen molar-refractivity contribution in [3.63, 3.8) is 0 Å². The van der Waals surface area contributed by atoms with Crippen molar-refractivity contribution < 1.29 is 13.2 Å². The number of anilines is 2. The number of sulfonamides is 1. The molecule has 1 N–H and O–H groups in total. The Morgan fingerprint density at radius 1 is 0.967 bits per heavy atom. The van der Waals surface area contributed by atoms with Crippen LogP contribution in [0.3, 0.4) is 0 Å². The Kier molecular flexibility index (Phi) is 4.63. The molecule has 7 nitrogen and oxygen atoms in total. The Morgan fingerprint density at radius 3 is 2.53 bits per heavy atom. The summed E-state index contributed by atoms with van der Waals surface area (Å²) < 4.78 is 34.3. The van der Waals surface area contributed by atoms with Gasteiger partial charge in [0.2, 0.25) is 0 Å². The number of piperazine rings is 1. The van der Waals surface area contributed by atoms with Crippen LogP contribution in [0, 0.1) is 0 Å². The van der Waals surface area contributed by atoms with Crippen LogP contribution < -0.4 is 13.9 Å². The summed E-state index contributed by atoms with van der Waals surface area (Å²) in [6.07, 6.45) is 2.59. The third-order valence-electron chi connectivity index (χ3n) is 6.19. The molecule has 2 aliphatic rings. The molecule has 1 saturated heterocycles. The van der Waals surface area contributed by atoms with Gasteiger partial charge in [0.05, 0.1) is 23.4 Å². The van der Waals surface area contributed by atoms with Gasteiger partial charge >= 0.3 is 0 Å². The van der Waals surface area contributed by atoms with E-state index in [9.17, 15) is 8.42 Å². The number of hydrogen-bond acceptors (Lipinski definition) is 5. The van der Waals surface area contributed by atoms with Crippen molar-refractivity contribution in [3.05, 3.63) is 48.2 Å². The molecule has 0 radical (unpaired) electrons. The average Bonchev–Trinajstić information content (AvgIpc) is 3.38. The minimum Gasteiger partial charge on any atom is -0.495 e. The molecular formula is C22H26N4O3S. The van der Waals surface area contributed by atoms with Crippen molar-refractivity contribution >= 4 is 32.3 Å². The zero-order chi connectivity index (χ0) is 20.9. The van der Waals surface area contributed by atoms with Crippen molar-refractivity contribution in [2.75, 3.05) is 56.1 Å². The summed E-state index contributed by atoms with van der Waals surface area (Å²) >= 11 is 0. The van der Waals surface area contributed by atoms with Gasteiger partial charge in [-0.3, -0.25) is 4.31 Å². The van der Waals surface area contributed by atoms with Crippen LogP contribution in [-0.4, -0.2) is 65.2 Å². The number of fused-ring (bicyclic) bond motifs is 2. The molecule has 0 atom stereocenters. The zero-order valence-electron chi connectivity index (χ0n) is 17.3. The first-order valence-electron chi connectivity index (χ1n) is 10.2. The SMILES string of the molecule is COc1ccc(S(=O)(=O)N2CCc3cc4[nH]ccc4cc32)cc1N1CCN(C)CC1. The van der Waals surface area contributed by atoms with E-state index < -0.39 is 10.0 Å². The lowest BCUT2D eigenvalue weighted by Crippen LogP contribution is -2.44. The van der Waals surface area contributed by atoms with Crippen LogP contribution in [-0.2, 0) is 16.4 Å². The molecule has 3 heterocycles. The lowest BCUT2D eigenvalue weighted by molar-refractivity contribution is 0.311. The van der Waals surface area contributed by atoms with E-state index in [1.54, 1.807) is 29.6 Å². The molecule has 30 heavy (non-hydrogen) atoms. The third-order valence-corrected chi connectivity index (χ3v) is 8.00. The van der Waals surface area contributed by atoms with E-state index in [2.05, 4.69) is 27.9 Å². The van der Waals surface area contributed by atoms with Gasteiger partial charge in [-0.1, -0.05) is 0 Å². The van der Waals surface area contributed by atoms with E-state index in [1.165, 1.54) is 0 Å². The number of H-pyrrole nitrogens is 1. The number of methoxy groups -OCH3 is 1. The van der Waals surface area contributed by atoms with E-state index >= 15 is 0 Å². The number of hydrogen-bond donors (Lipinski definition) is 1. The Bertz CT molecular complexity index is 1200. The zero-order valence-corrected chi connectivity index (χ0v) is 18.1. The van der Waals surface area contributed by atoms with Gasteiger partial charge in [-0.2, -0.15) is 0 Å². The lowest BCUT2D eigenvalue weighted by Gasteiger charge is -2.35. The highest BCUT2D eigenvalue weighted by molar-refractivity contribution is 7.92. The third kappa shape index (κ3) is 3.11. The van der Waals surface area contributed by atoms with Gasteiger partial charge < -0.3 is 19.5 Å². The van der Waals surface area contributed by atoms with E-state index in [-0.39, 0.29) is 0 Å². The van der Waals surface area contributed by atoms with Gasteiger partial charge in [-0.15, -0.1) is 0 Å². The maximum absolute atomic E-state index is 13.6. The second-order valence-corrected chi connectivity index (χ2v) is 9.86. The molecule has 158 valence electrons. The monoisotopic (exact) mass is 426 g/mol. The summed E-state index contributed by atoms with van der Waals surface area (Å²) in [6, 6.07) is 11.2. The van der Waals surface area contributed by atoms with Crippen molar-refractivity contribution in [2.45, 2.75) is 11.3 Å². The number of benzene rings is 2. The van der Waals surface area contributed by atoms with Gasteiger partial charge in [0.25, 0.3) is 10.0 Å². The van der Waals surface area contributed by atoms with Crippen molar-refractivity contribution in [2.24, 2.45) is 0 Å². The largest absolute Gasteiger partial charge is 0.495 e. The molecule has 1 aromatic heterocycles. The van der Waals surface area contributed by atoms with E-state index in [1.807, 2.05) is 18.3 Å². The molecule has 1 fully saturated rings. The van der Waals surface area contributed by atoms with E-state index in [4.69, 9.17) is 4.74 Å². The van der Waals surface area contributed by atoms with Crippen LogP contribution in [0.5, 0.6) is 5.75 Å². The van der Waals surface area contributed by atoms with Crippen LogP contribution in [0.15, 0.2) is 47.5 Å². The fourth-order valence-corrected chi connectivity index (χ4v) is 5.93. The highest BCUT2D eigenvalue weighted by Gasteiger charge is 2.32. The van der Waals surface area contributed by atoms with Crippen LogP contribution in [0.25, 0.3) is 10.9 Å². The summed E-state index contributed by atoms with van der Waals surface area (Å²) in [5.74, 6) is 0.703. The minimum absolute atomic E-state index is 0.305. The van der Waals surface area contributed by atoms with Crippen molar-refractivity contribution in [3.8, 4) is 5.75 Å². The highest BCUT2D eigenvalue weighted by Crippen LogP contribution is 2.38. The first kappa shape index (κ1) is 19.3. The fourth-order valence-electron chi connectivity index (χ4n) is 4.41. The second kappa shape index (κ2) is 7.21. The number of aromatic amines is 1. The van der Waals surface area contributed by atoms with Gasteiger partial charge in [0.15, 0.2) is 0 Å². The second-order valence-electron chi connectivity index (χ2n) is 8.00. The highest BCUT2D eigenvalue weighted by atomic mass is 32.2. The maximum atomic E-state index is 13.6. The van der Waals surface area contributed by atoms with Crippen LogP contribution in [0.4, 0.5) is 11.4 Å². The van der Waals surface area contributed by atoms with Crippen molar-refractivity contribution in [1.29, 1.82) is 0 Å². The lowest BCUT2D eigenvalue weighted by atomic mass is 10.1. The molecule has 0 unspecified atom stereocenters. The molecular weight excluding hydrogens is 400 g/mol.